The molecule has 0 saturated carbocycles. The zero-order valence-electron chi connectivity index (χ0n) is 13.3. The lowest BCUT2D eigenvalue weighted by molar-refractivity contribution is 0.0910. The number of aliphatic hydroxyl groups is 1. The Labute approximate surface area is 151 Å². The topological polar surface area (TPSA) is 58.6 Å². The number of amides is 1. The number of aliphatic hydroxyl groups excluding tert-OH is 1. The fraction of sp³-hybridized carbons (Fsp3) is 0.278. The number of carbonyl (C=O) groups is 1. The van der Waals surface area contributed by atoms with Crippen LogP contribution in [0.2, 0.25) is 10.0 Å². The van der Waals surface area contributed by atoms with Gasteiger partial charge in [-0.2, -0.15) is 0 Å². The zero-order valence-corrected chi connectivity index (χ0v) is 14.8. The summed E-state index contributed by atoms with van der Waals surface area (Å²) in [5, 5.41) is 13.1. The summed E-state index contributed by atoms with van der Waals surface area (Å²) >= 11 is 12.0. The summed E-state index contributed by atoms with van der Waals surface area (Å²) < 4.78 is 5.76. The molecule has 0 spiro atoms. The van der Waals surface area contributed by atoms with Crippen molar-refractivity contribution in [2.24, 2.45) is 0 Å². The summed E-state index contributed by atoms with van der Waals surface area (Å²) in [5.41, 5.74) is 1.19. The Morgan fingerprint density at radius 2 is 2.00 bits per heavy atom. The van der Waals surface area contributed by atoms with E-state index in [1.807, 2.05) is 6.92 Å². The predicted molar refractivity (Wildman–Crippen MR) is 95.9 cm³/mol. The van der Waals surface area contributed by atoms with Gasteiger partial charge in [0.2, 0.25) is 0 Å². The third-order valence-corrected chi connectivity index (χ3v) is 4.17. The molecule has 1 unspecified atom stereocenters. The second kappa shape index (κ2) is 8.92. The van der Waals surface area contributed by atoms with E-state index in [0.717, 1.165) is 5.56 Å². The summed E-state index contributed by atoms with van der Waals surface area (Å²) in [4.78, 5) is 12.4. The van der Waals surface area contributed by atoms with Gasteiger partial charge in [0.25, 0.3) is 5.91 Å². The molecule has 0 aliphatic rings. The summed E-state index contributed by atoms with van der Waals surface area (Å²) in [5.74, 6) is 0.169. The van der Waals surface area contributed by atoms with Crippen LogP contribution in [0.5, 0.6) is 5.75 Å². The van der Waals surface area contributed by atoms with Crippen LogP contribution in [0, 0.1) is 0 Å². The molecule has 0 radical (unpaired) electrons. The van der Waals surface area contributed by atoms with Crippen LogP contribution in [-0.2, 0) is 6.61 Å². The van der Waals surface area contributed by atoms with Crippen molar-refractivity contribution >= 4 is 29.1 Å². The molecule has 0 aliphatic carbocycles. The maximum absolute atomic E-state index is 12.4. The van der Waals surface area contributed by atoms with Crippen molar-refractivity contribution in [1.29, 1.82) is 0 Å². The number of carbonyl (C=O) groups excluding carboxylic acids is 1. The smallest absolute Gasteiger partial charge is 0.255 e. The van der Waals surface area contributed by atoms with Crippen LogP contribution in [-0.4, -0.2) is 23.7 Å². The lowest BCUT2D eigenvalue weighted by Crippen LogP contribution is -2.37. The van der Waals surface area contributed by atoms with Crippen molar-refractivity contribution in [2.45, 2.75) is 26.0 Å². The predicted octanol–water partition coefficient (Wildman–Crippen LogP) is 4.07. The number of ether oxygens (including phenoxy) is 1. The van der Waals surface area contributed by atoms with E-state index in [1.165, 1.54) is 0 Å². The molecule has 0 fully saturated rings. The number of benzene rings is 2. The first-order chi connectivity index (χ1) is 11.5. The van der Waals surface area contributed by atoms with E-state index in [-0.39, 0.29) is 25.2 Å². The highest BCUT2D eigenvalue weighted by molar-refractivity contribution is 6.35. The average Bonchev–Trinajstić information content (AvgIpc) is 2.59. The molecule has 6 heteroatoms. The van der Waals surface area contributed by atoms with Crippen LogP contribution in [0.25, 0.3) is 0 Å². The number of hydrogen-bond acceptors (Lipinski definition) is 3. The van der Waals surface area contributed by atoms with Crippen molar-refractivity contribution in [3.05, 3.63) is 63.6 Å². The normalized spacial score (nSPS) is 11.8. The van der Waals surface area contributed by atoms with Gasteiger partial charge in [0.05, 0.1) is 18.2 Å². The molecule has 0 heterocycles. The van der Waals surface area contributed by atoms with E-state index in [2.05, 4.69) is 5.32 Å². The van der Waals surface area contributed by atoms with Crippen LogP contribution in [0.1, 0.15) is 29.3 Å². The monoisotopic (exact) mass is 367 g/mol. The first-order valence-electron chi connectivity index (χ1n) is 7.62. The molecular weight excluding hydrogens is 349 g/mol. The lowest BCUT2D eigenvalue weighted by Gasteiger charge is -2.16. The minimum absolute atomic E-state index is 0.106. The molecule has 4 nitrogen and oxygen atoms in total. The Kier molecular flexibility index (Phi) is 6.91. The molecule has 2 aromatic rings. The Morgan fingerprint density at radius 3 is 2.67 bits per heavy atom. The number of rotatable bonds is 7. The van der Waals surface area contributed by atoms with Crippen molar-refractivity contribution < 1.29 is 14.6 Å². The molecule has 2 N–H and O–H groups in total. The molecule has 0 saturated heterocycles. The van der Waals surface area contributed by atoms with E-state index >= 15 is 0 Å². The van der Waals surface area contributed by atoms with E-state index in [0.29, 0.717) is 27.8 Å². The highest BCUT2D eigenvalue weighted by atomic mass is 35.5. The second-order valence-electron chi connectivity index (χ2n) is 5.28. The van der Waals surface area contributed by atoms with Gasteiger partial charge >= 0.3 is 0 Å². The highest BCUT2D eigenvalue weighted by Gasteiger charge is 2.16. The Morgan fingerprint density at radius 1 is 1.25 bits per heavy atom. The standard InChI is InChI=1S/C18H19Cl2NO3/c1-2-14(10-22)21-18(23)15-5-3-4-6-17(15)24-11-12-7-8-13(19)9-16(12)20/h3-9,14,22H,2,10-11H2,1H3,(H,21,23). The minimum atomic E-state index is -0.284. The van der Waals surface area contributed by atoms with Gasteiger partial charge in [0.15, 0.2) is 0 Å². The van der Waals surface area contributed by atoms with E-state index in [4.69, 9.17) is 27.9 Å². The zero-order chi connectivity index (χ0) is 17.5. The Hall–Kier alpha value is -1.75. The molecule has 2 aromatic carbocycles. The third kappa shape index (κ3) is 4.87. The van der Waals surface area contributed by atoms with E-state index in [1.54, 1.807) is 42.5 Å². The molecule has 24 heavy (non-hydrogen) atoms. The van der Waals surface area contributed by atoms with Crippen molar-refractivity contribution in [3.8, 4) is 5.75 Å². The molecule has 0 aliphatic heterocycles. The van der Waals surface area contributed by atoms with Gasteiger partial charge < -0.3 is 15.2 Å². The Bertz CT molecular complexity index is 702. The summed E-state index contributed by atoms with van der Waals surface area (Å²) in [6.45, 7) is 2.01. The molecule has 0 bridgehead atoms. The fourth-order valence-corrected chi connectivity index (χ4v) is 2.58. The lowest BCUT2D eigenvalue weighted by atomic mass is 10.1. The molecular formula is C18H19Cl2NO3. The summed E-state index contributed by atoms with van der Waals surface area (Å²) in [6, 6.07) is 11.8. The van der Waals surface area contributed by atoms with Crippen LogP contribution in [0.15, 0.2) is 42.5 Å². The maximum atomic E-state index is 12.4. The van der Waals surface area contributed by atoms with E-state index in [9.17, 15) is 9.90 Å². The largest absolute Gasteiger partial charge is 0.488 e. The van der Waals surface area contributed by atoms with Crippen LogP contribution >= 0.6 is 23.2 Å². The van der Waals surface area contributed by atoms with Gasteiger partial charge in [-0.3, -0.25) is 4.79 Å². The van der Waals surface area contributed by atoms with Gasteiger partial charge in [-0.15, -0.1) is 0 Å². The molecule has 0 aromatic heterocycles. The maximum Gasteiger partial charge on any atom is 0.255 e. The van der Waals surface area contributed by atoms with Gasteiger partial charge in [0.1, 0.15) is 12.4 Å². The number of halogens is 2. The number of hydrogen-bond donors (Lipinski definition) is 2. The van der Waals surface area contributed by atoms with Gasteiger partial charge in [0, 0.05) is 15.6 Å². The van der Waals surface area contributed by atoms with Gasteiger partial charge in [-0.25, -0.2) is 0 Å². The Balaban J connectivity index is 2.12. The van der Waals surface area contributed by atoms with Crippen molar-refractivity contribution in [1.82, 2.24) is 5.32 Å². The quantitative estimate of drug-likeness (QED) is 0.775. The fourth-order valence-electron chi connectivity index (χ4n) is 2.11. The molecule has 1 amide bonds. The summed E-state index contributed by atoms with van der Waals surface area (Å²) in [6.07, 6.45) is 0.644. The number of nitrogens with one attached hydrogen (secondary N) is 1. The third-order valence-electron chi connectivity index (χ3n) is 3.58. The van der Waals surface area contributed by atoms with E-state index < -0.39 is 0 Å². The highest BCUT2D eigenvalue weighted by Crippen LogP contribution is 2.24. The molecule has 128 valence electrons. The molecule has 2 rings (SSSR count). The molecule has 1 atom stereocenters. The second-order valence-corrected chi connectivity index (χ2v) is 6.13. The van der Waals surface area contributed by atoms with Gasteiger partial charge in [-0.05, 0) is 30.7 Å². The summed E-state index contributed by atoms with van der Waals surface area (Å²) in [7, 11) is 0. The SMILES string of the molecule is CCC(CO)NC(=O)c1ccccc1OCc1ccc(Cl)cc1Cl. The number of para-hydroxylation sites is 1. The van der Waals surface area contributed by atoms with Gasteiger partial charge in [-0.1, -0.05) is 48.3 Å². The first-order valence-corrected chi connectivity index (χ1v) is 8.38. The van der Waals surface area contributed by atoms with Crippen molar-refractivity contribution in [2.75, 3.05) is 6.61 Å². The van der Waals surface area contributed by atoms with Crippen molar-refractivity contribution in [3.63, 3.8) is 0 Å². The van der Waals surface area contributed by atoms with Crippen LogP contribution in [0.4, 0.5) is 0 Å². The first kappa shape index (κ1) is 18.6. The minimum Gasteiger partial charge on any atom is -0.488 e. The average molecular weight is 368 g/mol. The van der Waals surface area contributed by atoms with Crippen LogP contribution < -0.4 is 10.1 Å². The van der Waals surface area contributed by atoms with Crippen LogP contribution in [0.3, 0.4) is 0 Å².